The molecule has 1 aliphatic carbocycles. The molecule has 1 aliphatic rings. The second-order valence-corrected chi connectivity index (χ2v) is 7.23. The Kier molecular flexibility index (Phi) is 5.46. The molecule has 1 unspecified atom stereocenters. The Balaban J connectivity index is 1.72. The third-order valence-electron chi connectivity index (χ3n) is 4.59. The van der Waals surface area contributed by atoms with Crippen LogP contribution in [0.5, 0.6) is 0 Å². The van der Waals surface area contributed by atoms with Crippen molar-refractivity contribution >= 4 is 23.5 Å². The predicted octanol–water partition coefficient (Wildman–Crippen LogP) is 5.24. The number of hydrogen-bond acceptors (Lipinski definition) is 2. The van der Waals surface area contributed by atoms with Gasteiger partial charge in [0.2, 0.25) is 0 Å². The zero-order valence-electron chi connectivity index (χ0n) is 14.2. The molecule has 1 fully saturated rings. The van der Waals surface area contributed by atoms with E-state index in [9.17, 15) is 4.79 Å². The van der Waals surface area contributed by atoms with Crippen LogP contribution in [0, 0.1) is 5.92 Å². The first-order valence-corrected chi connectivity index (χ1v) is 9.65. The number of nitrogens with zero attached hydrogens (tertiary/aromatic N) is 1. The van der Waals surface area contributed by atoms with Gasteiger partial charge in [0.25, 0.3) is 0 Å². The summed E-state index contributed by atoms with van der Waals surface area (Å²) in [5.41, 5.74) is 2.01. The van der Waals surface area contributed by atoms with E-state index in [1.165, 1.54) is 17.7 Å². The number of nitrogens with one attached hydrogen (secondary N) is 1. The molecule has 1 atom stereocenters. The highest BCUT2D eigenvalue weighted by Crippen LogP contribution is 2.36. The molecular formula is C20H24N2OS. The van der Waals surface area contributed by atoms with Gasteiger partial charge in [0, 0.05) is 23.2 Å². The molecule has 2 amide bonds. The molecule has 0 heterocycles. The molecule has 1 saturated carbocycles. The fourth-order valence-corrected chi connectivity index (χ4v) is 3.29. The minimum atomic E-state index is -0.0184. The van der Waals surface area contributed by atoms with E-state index in [4.69, 9.17) is 0 Å². The number of hydrogen-bond donors (Lipinski definition) is 1. The summed E-state index contributed by atoms with van der Waals surface area (Å²) in [5.74, 6) is 0.637. The smallest absolute Gasteiger partial charge is 0.317 e. The van der Waals surface area contributed by atoms with Crippen molar-refractivity contribution in [1.29, 1.82) is 0 Å². The lowest BCUT2D eigenvalue weighted by Gasteiger charge is -2.29. The molecule has 4 heteroatoms. The summed E-state index contributed by atoms with van der Waals surface area (Å²) in [4.78, 5) is 16.0. The molecule has 3 rings (SSSR count). The Hall–Kier alpha value is -1.94. The molecule has 0 spiro atoms. The van der Waals surface area contributed by atoms with Crippen LogP contribution in [0.25, 0.3) is 0 Å². The van der Waals surface area contributed by atoms with Crippen LogP contribution in [0.15, 0.2) is 59.5 Å². The lowest BCUT2D eigenvalue weighted by molar-refractivity contribution is 0.181. The maximum Gasteiger partial charge on any atom is 0.322 e. The normalized spacial score (nSPS) is 14.9. The van der Waals surface area contributed by atoms with Crippen LogP contribution in [-0.2, 0) is 6.54 Å². The molecule has 0 bridgehead atoms. The van der Waals surface area contributed by atoms with Gasteiger partial charge >= 0.3 is 6.03 Å². The largest absolute Gasteiger partial charge is 0.322 e. The molecule has 0 saturated heterocycles. The number of urea groups is 1. The van der Waals surface area contributed by atoms with Crippen LogP contribution in [-0.4, -0.2) is 23.2 Å². The maximum atomic E-state index is 12.9. The van der Waals surface area contributed by atoms with Crippen molar-refractivity contribution in [3.63, 3.8) is 0 Å². The molecule has 1 N–H and O–H groups in total. The van der Waals surface area contributed by atoms with Gasteiger partial charge < -0.3 is 10.2 Å². The van der Waals surface area contributed by atoms with Gasteiger partial charge in [0.15, 0.2) is 0 Å². The van der Waals surface area contributed by atoms with Gasteiger partial charge in [-0.3, -0.25) is 0 Å². The first-order valence-electron chi connectivity index (χ1n) is 8.43. The maximum absolute atomic E-state index is 12.9. The Morgan fingerprint density at radius 3 is 2.42 bits per heavy atom. The fourth-order valence-electron chi connectivity index (χ4n) is 2.88. The van der Waals surface area contributed by atoms with Gasteiger partial charge in [0.05, 0.1) is 0 Å². The number of amides is 2. The number of anilines is 1. The van der Waals surface area contributed by atoms with Crippen LogP contribution >= 0.6 is 11.8 Å². The van der Waals surface area contributed by atoms with Gasteiger partial charge in [-0.05, 0) is 61.8 Å². The highest BCUT2D eigenvalue weighted by atomic mass is 32.2. The first kappa shape index (κ1) is 16.9. The zero-order valence-corrected chi connectivity index (χ0v) is 15.1. The topological polar surface area (TPSA) is 32.3 Å². The Morgan fingerprint density at radius 1 is 1.17 bits per heavy atom. The summed E-state index contributed by atoms with van der Waals surface area (Å²) >= 11 is 1.70. The molecule has 0 radical (unpaired) electrons. The molecular weight excluding hydrogens is 316 g/mol. The molecule has 0 aliphatic heterocycles. The number of benzene rings is 2. The number of thioether (sulfide) groups is 1. The summed E-state index contributed by atoms with van der Waals surface area (Å²) in [6.07, 6.45) is 4.50. The number of carbonyl (C=O) groups is 1. The van der Waals surface area contributed by atoms with Gasteiger partial charge in [-0.1, -0.05) is 30.3 Å². The summed E-state index contributed by atoms with van der Waals surface area (Å²) in [6.45, 7) is 2.81. The third-order valence-corrected chi connectivity index (χ3v) is 5.34. The first-order chi connectivity index (χ1) is 11.7. The standard InChI is InChI=1S/C20H24N2OS/c1-15(17-8-9-17)22(14-16-6-4-3-5-7-16)20(23)21-18-10-12-19(24-2)13-11-18/h3-7,10-13,15,17H,8-9,14H2,1-2H3,(H,21,23). The van der Waals surface area contributed by atoms with E-state index in [-0.39, 0.29) is 12.1 Å². The predicted molar refractivity (Wildman–Crippen MR) is 101 cm³/mol. The van der Waals surface area contributed by atoms with Crippen molar-refractivity contribution in [1.82, 2.24) is 4.90 Å². The number of carbonyl (C=O) groups excluding carboxylic acids is 1. The molecule has 24 heavy (non-hydrogen) atoms. The second kappa shape index (κ2) is 7.75. The highest BCUT2D eigenvalue weighted by molar-refractivity contribution is 7.98. The Morgan fingerprint density at radius 2 is 1.83 bits per heavy atom. The Bertz CT molecular complexity index is 668. The molecule has 3 nitrogen and oxygen atoms in total. The van der Waals surface area contributed by atoms with E-state index in [1.807, 2.05) is 53.6 Å². The molecule has 2 aromatic carbocycles. The summed E-state index contributed by atoms with van der Waals surface area (Å²) < 4.78 is 0. The van der Waals surface area contributed by atoms with Gasteiger partial charge in [-0.25, -0.2) is 4.79 Å². The van der Waals surface area contributed by atoms with Crippen molar-refractivity contribution in [3.8, 4) is 0 Å². The van der Waals surface area contributed by atoms with E-state index in [2.05, 4.69) is 24.4 Å². The fraction of sp³-hybridized carbons (Fsp3) is 0.350. The van der Waals surface area contributed by atoms with Crippen molar-refractivity contribution in [2.75, 3.05) is 11.6 Å². The average Bonchev–Trinajstić information content (AvgIpc) is 3.46. The minimum Gasteiger partial charge on any atom is -0.317 e. The molecule has 0 aromatic heterocycles. The number of rotatable bonds is 6. The van der Waals surface area contributed by atoms with Crippen LogP contribution in [0.3, 0.4) is 0 Å². The van der Waals surface area contributed by atoms with E-state index >= 15 is 0 Å². The monoisotopic (exact) mass is 340 g/mol. The lowest BCUT2D eigenvalue weighted by Crippen LogP contribution is -2.42. The van der Waals surface area contributed by atoms with Crippen molar-refractivity contribution in [2.24, 2.45) is 5.92 Å². The van der Waals surface area contributed by atoms with Crippen LogP contribution in [0.4, 0.5) is 10.5 Å². The van der Waals surface area contributed by atoms with Crippen LogP contribution in [0.1, 0.15) is 25.3 Å². The van der Waals surface area contributed by atoms with E-state index in [1.54, 1.807) is 11.8 Å². The van der Waals surface area contributed by atoms with Crippen LogP contribution < -0.4 is 5.32 Å². The molecule has 2 aromatic rings. The van der Waals surface area contributed by atoms with E-state index in [0.29, 0.717) is 12.5 Å². The van der Waals surface area contributed by atoms with Gasteiger partial charge in [-0.15, -0.1) is 11.8 Å². The second-order valence-electron chi connectivity index (χ2n) is 6.35. The Labute approximate surface area is 148 Å². The van der Waals surface area contributed by atoms with E-state index < -0.39 is 0 Å². The molecule has 126 valence electrons. The summed E-state index contributed by atoms with van der Waals surface area (Å²) in [5, 5.41) is 3.05. The van der Waals surface area contributed by atoms with Crippen molar-refractivity contribution in [2.45, 2.75) is 37.2 Å². The van der Waals surface area contributed by atoms with E-state index in [0.717, 1.165) is 11.3 Å². The quantitative estimate of drug-likeness (QED) is 0.729. The summed E-state index contributed by atoms with van der Waals surface area (Å²) in [7, 11) is 0. The van der Waals surface area contributed by atoms with Crippen molar-refractivity contribution in [3.05, 3.63) is 60.2 Å². The summed E-state index contributed by atoms with van der Waals surface area (Å²) in [6, 6.07) is 18.4. The van der Waals surface area contributed by atoms with Crippen LogP contribution in [0.2, 0.25) is 0 Å². The lowest BCUT2D eigenvalue weighted by atomic mass is 10.1. The third kappa shape index (κ3) is 4.32. The average molecular weight is 340 g/mol. The van der Waals surface area contributed by atoms with Gasteiger partial charge in [0.1, 0.15) is 0 Å². The highest BCUT2D eigenvalue weighted by Gasteiger charge is 2.34. The van der Waals surface area contributed by atoms with Crippen molar-refractivity contribution < 1.29 is 4.79 Å². The SMILES string of the molecule is CSc1ccc(NC(=O)N(Cc2ccccc2)C(C)C2CC2)cc1. The zero-order chi connectivity index (χ0) is 16.9. The van der Waals surface area contributed by atoms with Gasteiger partial charge in [-0.2, -0.15) is 0 Å². The minimum absolute atomic E-state index is 0.0184.